The van der Waals surface area contributed by atoms with Crippen molar-refractivity contribution in [2.24, 2.45) is 0 Å². The van der Waals surface area contributed by atoms with E-state index in [9.17, 15) is 5.11 Å². The van der Waals surface area contributed by atoms with E-state index in [1.165, 1.54) is 0 Å². The third kappa shape index (κ3) is 1.92. The summed E-state index contributed by atoms with van der Waals surface area (Å²) >= 11 is 0. The Morgan fingerprint density at radius 1 is 2.00 bits per heavy atom. The van der Waals surface area contributed by atoms with Gasteiger partial charge in [-0.15, -0.1) is 0 Å². The maximum absolute atomic E-state index is 9.19. The minimum Gasteiger partial charge on any atom is -0.295 e. The molecular formula is C2H6NO. The molecule has 0 atom stereocenters. The van der Waals surface area contributed by atoms with Crippen LogP contribution in [0.5, 0.6) is 0 Å². The molecule has 0 unspecified atom stereocenters. The molecule has 0 amide bonds. The van der Waals surface area contributed by atoms with Gasteiger partial charge < -0.3 is 0 Å². The molecule has 0 aliphatic carbocycles. The molecule has 0 bridgehead atoms. The summed E-state index contributed by atoms with van der Waals surface area (Å²) in [4.78, 5) is 0. The topological polar surface area (TPSA) is 31.9 Å². The number of hydrogen-bond donors (Lipinski definition) is 1. The average molecular weight is 60.1 g/mol. The van der Waals surface area contributed by atoms with Crippen molar-refractivity contribution < 1.29 is 5.11 Å². The van der Waals surface area contributed by atoms with Crippen LogP contribution in [0.1, 0.15) is 0 Å². The van der Waals surface area contributed by atoms with Gasteiger partial charge in [0.05, 0.1) is 0 Å². The van der Waals surface area contributed by atoms with Crippen molar-refractivity contribution >= 4 is 0 Å². The van der Waals surface area contributed by atoms with Gasteiger partial charge in [-0.25, -0.2) is 5.11 Å². The van der Waals surface area contributed by atoms with E-state index >= 15 is 0 Å². The fourth-order valence-corrected chi connectivity index (χ4v) is 0. The minimum absolute atomic E-state index is 0.181. The van der Waals surface area contributed by atoms with Crippen molar-refractivity contribution in [3.8, 4) is 0 Å². The summed E-state index contributed by atoms with van der Waals surface area (Å²) in [7, 11) is 1.62. The van der Waals surface area contributed by atoms with Crippen LogP contribution in [0.4, 0.5) is 0 Å². The summed E-state index contributed by atoms with van der Waals surface area (Å²) < 4.78 is 0. The van der Waals surface area contributed by atoms with E-state index < -0.39 is 0 Å². The van der Waals surface area contributed by atoms with Gasteiger partial charge in [0, 0.05) is 0 Å². The van der Waals surface area contributed by atoms with Crippen LogP contribution in [-0.2, 0) is 5.11 Å². The van der Waals surface area contributed by atoms with E-state index in [1.54, 1.807) is 7.05 Å². The SMILES string of the molecule is CNC[O]. The Hall–Kier alpha value is -0.0800. The quantitative estimate of drug-likeness (QED) is 0.410. The first-order chi connectivity index (χ1) is 1.91. The zero-order valence-corrected chi connectivity index (χ0v) is 2.62. The van der Waals surface area contributed by atoms with Crippen molar-refractivity contribution in [3.05, 3.63) is 0 Å². The Labute approximate surface area is 25.4 Å². The van der Waals surface area contributed by atoms with Crippen LogP contribution < -0.4 is 5.32 Å². The molecule has 0 heterocycles. The zero-order chi connectivity index (χ0) is 3.41. The fraction of sp³-hybridized carbons (Fsp3) is 1.00. The van der Waals surface area contributed by atoms with E-state index in [2.05, 4.69) is 5.32 Å². The van der Waals surface area contributed by atoms with Crippen LogP contribution in [0.2, 0.25) is 0 Å². The lowest BCUT2D eigenvalue weighted by molar-refractivity contribution is 0.176. The first kappa shape index (κ1) is 3.92. The van der Waals surface area contributed by atoms with Crippen LogP contribution in [-0.4, -0.2) is 13.8 Å². The highest BCUT2D eigenvalue weighted by Crippen LogP contribution is 1.28. The Balaban J connectivity index is 1.97. The van der Waals surface area contributed by atoms with Gasteiger partial charge in [0.2, 0.25) is 0 Å². The highest BCUT2D eigenvalue weighted by atomic mass is 16.3. The third-order valence-corrected chi connectivity index (χ3v) is 0.144. The molecule has 0 spiro atoms. The van der Waals surface area contributed by atoms with E-state index in [0.29, 0.717) is 0 Å². The first-order valence-electron chi connectivity index (χ1n) is 1.14. The molecule has 0 rings (SSSR count). The average Bonchev–Trinajstić information content (AvgIpc) is 1.37. The van der Waals surface area contributed by atoms with Crippen molar-refractivity contribution in [2.45, 2.75) is 0 Å². The number of nitrogens with one attached hydrogen (secondary N) is 1. The third-order valence-electron chi connectivity index (χ3n) is 0.144. The van der Waals surface area contributed by atoms with E-state index in [1.807, 2.05) is 0 Å². The van der Waals surface area contributed by atoms with Crippen LogP contribution in [0, 0.1) is 0 Å². The smallest absolute Gasteiger partial charge is 0.132 e. The molecule has 0 aliphatic heterocycles. The predicted octanol–water partition coefficient (Wildman–Crippen LogP) is -0.406. The molecule has 0 saturated heterocycles. The molecule has 25 valence electrons. The predicted molar refractivity (Wildman–Crippen MR) is 14.6 cm³/mol. The van der Waals surface area contributed by atoms with Crippen molar-refractivity contribution in [2.75, 3.05) is 13.8 Å². The van der Waals surface area contributed by atoms with Gasteiger partial charge in [0.1, 0.15) is 6.73 Å². The number of hydrogen-bond acceptors (Lipinski definition) is 1. The molecule has 4 heavy (non-hydrogen) atoms. The Morgan fingerprint density at radius 2 is 2.25 bits per heavy atom. The van der Waals surface area contributed by atoms with E-state index in [4.69, 9.17) is 0 Å². The molecule has 2 nitrogen and oxygen atoms in total. The van der Waals surface area contributed by atoms with Gasteiger partial charge in [-0.05, 0) is 7.05 Å². The van der Waals surface area contributed by atoms with Crippen LogP contribution in [0.15, 0.2) is 0 Å². The molecule has 0 saturated carbocycles. The minimum atomic E-state index is -0.181. The Kier molecular flexibility index (Phi) is 2.86. The molecule has 0 aromatic rings. The van der Waals surface area contributed by atoms with E-state index in [0.717, 1.165) is 0 Å². The molecular weight excluding hydrogens is 54.0 g/mol. The zero-order valence-electron chi connectivity index (χ0n) is 2.62. The van der Waals surface area contributed by atoms with Gasteiger partial charge in [-0.1, -0.05) is 0 Å². The second-order valence-corrected chi connectivity index (χ2v) is 0.498. The van der Waals surface area contributed by atoms with Crippen LogP contribution in [0.3, 0.4) is 0 Å². The molecule has 0 aromatic carbocycles. The van der Waals surface area contributed by atoms with Crippen molar-refractivity contribution in [1.82, 2.24) is 5.32 Å². The first-order valence-corrected chi connectivity index (χ1v) is 1.14. The maximum atomic E-state index is 9.19. The summed E-state index contributed by atoms with van der Waals surface area (Å²) in [5.41, 5.74) is 0. The van der Waals surface area contributed by atoms with Gasteiger partial charge >= 0.3 is 0 Å². The lowest BCUT2D eigenvalue weighted by Gasteiger charge is -1.72. The Bertz CT molecular complexity index is 8.00. The molecule has 0 aliphatic rings. The van der Waals surface area contributed by atoms with Crippen LogP contribution in [0.25, 0.3) is 0 Å². The van der Waals surface area contributed by atoms with E-state index in [-0.39, 0.29) is 6.73 Å². The summed E-state index contributed by atoms with van der Waals surface area (Å²) in [6, 6.07) is 0. The second-order valence-electron chi connectivity index (χ2n) is 0.498. The molecule has 1 N–H and O–H groups in total. The largest absolute Gasteiger partial charge is 0.295 e. The van der Waals surface area contributed by atoms with Gasteiger partial charge in [-0.3, -0.25) is 5.32 Å². The molecule has 0 fully saturated rings. The van der Waals surface area contributed by atoms with Gasteiger partial charge in [0.15, 0.2) is 0 Å². The summed E-state index contributed by atoms with van der Waals surface area (Å²) in [5.74, 6) is 0. The molecule has 0 aromatic heterocycles. The molecule has 1 radical (unpaired) electrons. The Morgan fingerprint density at radius 3 is 2.25 bits per heavy atom. The number of rotatable bonds is 1. The summed E-state index contributed by atoms with van der Waals surface area (Å²) in [5, 5.41) is 11.6. The molecule has 2 heteroatoms. The lowest BCUT2D eigenvalue weighted by atomic mass is 11.2. The summed E-state index contributed by atoms with van der Waals surface area (Å²) in [6.07, 6.45) is 0. The summed E-state index contributed by atoms with van der Waals surface area (Å²) in [6.45, 7) is -0.181. The highest BCUT2D eigenvalue weighted by molar-refractivity contribution is 4.01. The van der Waals surface area contributed by atoms with Crippen molar-refractivity contribution in [1.29, 1.82) is 0 Å². The monoisotopic (exact) mass is 60.0 g/mol. The highest BCUT2D eigenvalue weighted by Gasteiger charge is 1.54. The van der Waals surface area contributed by atoms with Gasteiger partial charge in [0.25, 0.3) is 0 Å². The maximum Gasteiger partial charge on any atom is 0.132 e. The standard InChI is InChI=1S/C2H6NO/c1-3-2-4/h3H,2H2,1H3. The lowest BCUT2D eigenvalue weighted by Crippen LogP contribution is -2.03. The van der Waals surface area contributed by atoms with Crippen LogP contribution >= 0.6 is 0 Å². The normalized spacial score (nSPS) is 7.50. The fourth-order valence-electron chi connectivity index (χ4n) is 0. The van der Waals surface area contributed by atoms with Crippen molar-refractivity contribution in [3.63, 3.8) is 0 Å². The van der Waals surface area contributed by atoms with Gasteiger partial charge in [-0.2, -0.15) is 0 Å². The second kappa shape index (κ2) is 2.92.